The Morgan fingerprint density at radius 2 is 2.06 bits per heavy atom. The molecule has 18 heavy (non-hydrogen) atoms. The van der Waals surface area contributed by atoms with Gasteiger partial charge in [-0.05, 0) is 23.7 Å². The fourth-order valence-electron chi connectivity index (χ4n) is 1.38. The number of aromatic nitrogens is 2. The van der Waals surface area contributed by atoms with E-state index in [9.17, 15) is 13.6 Å². The Bertz CT molecular complexity index is 565. The second-order valence-corrected chi connectivity index (χ2v) is 3.81. The molecule has 0 spiro atoms. The van der Waals surface area contributed by atoms with E-state index in [0.717, 1.165) is 12.1 Å². The van der Waals surface area contributed by atoms with E-state index in [1.165, 1.54) is 23.0 Å². The molecule has 0 saturated heterocycles. The molecule has 1 amide bonds. The van der Waals surface area contributed by atoms with E-state index in [0.29, 0.717) is 0 Å². The summed E-state index contributed by atoms with van der Waals surface area (Å²) >= 11 is 5.67. The predicted molar refractivity (Wildman–Crippen MR) is 62.2 cm³/mol. The highest BCUT2D eigenvalue weighted by atomic mass is 35.5. The van der Waals surface area contributed by atoms with Crippen molar-refractivity contribution < 1.29 is 13.6 Å². The Hall–Kier alpha value is -1.95. The van der Waals surface area contributed by atoms with Crippen molar-refractivity contribution in [3.05, 3.63) is 47.5 Å². The number of benzene rings is 1. The van der Waals surface area contributed by atoms with Crippen molar-refractivity contribution in [3.63, 3.8) is 0 Å². The van der Waals surface area contributed by atoms with E-state index in [1.807, 2.05) is 0 Å². The molecule has 0 aliphatic carbocycles. The van der Waals surface area contributed by atoms with Crippen LogP contribution in [0.5, 0.6) is 0 Å². The van der Waals surface area contributed by atoms with E-state index in [-0.39, 0.29) is 11.8 Å². The molecule has 2 rings (SSSR count). The Labute approximate surface area is 106 Å². The molecule has 1 heterocycles. The van der Waals surface area contributed by atoms with Crippen molar-refractivity contribution in [3.8, 4) is 0 Å². The number of nitrogens with one attached hydrogen (secondary N) is 1. The molecule has 1 aromatic heterocycles. The van der Waals surface area contributed by atoms with Gasteiger partial charge in [-0.15, -0.1) is 0 Å². The van der Waals surface area contributed by atoms with Crippen molar-refractivity contribution in [2.45, 2.75) is 6.54 Å². The monoisotopic (exact) mass is 271 g/mol. The Morgan fingerprint density at radius 1 is 1.39 bits per heavy atom. The number of amides is 1. The first-order chi connectivity index (χ1) is 8.58. The number of anilines is 1. The van der Waals surface area contributed by atoms with E-state index < -0.39 is 23.2 Å². The van der Waals surface area contributed by atoms with Gasteiger partial charge in [0.2, 0.25) is 11.2 Å². The average Bonchev–Trinajstić information content (AvgIpc) is 2.70. The third kappa shape index (κ3) is 2.65. The van der Waals surface area contributed by atoms with Gasteiger partial charge in [0.25, 0.3) is 0 Å². The van der Waals surface area contributed by atoms with E-state index in [2.05, 4.69) is 10.3 Å². The third-order valence-corrected chi connectivity index (χ3v) is 2.52. The fraction of sp³-hybridized carbons (Fsp3) is 0.0909. The third-order valence-electron chi connectivity index (χ3n) is 2.21. The minimum absolute atomic E-state index is 0.124. The second-order valence-electron chi connectivity index (χ2n) is 3.47. The van der Waals surface area contributed by atoms with Crippen molar-refractivity contribution in [2.75, 3.05) is 5.32 Å². The molecule has 0 bridgehead atoms. The number of carbonyl (C=O) groups excluding carboxylic acids is 1. The van der Waals surface area contributed by atoms with Gasteiger partial charge in [0.15, 0.2) is 0 Å². The lowest BCUT2D eigenvalue weighted by molar-refractivity contribution is -0.116. The number of nitrogens with zero attached hydrogens (tertiary/aromatic N) is 2. The standard InChI is InChI=1S/C11H8ClF2N3O/c12-11-15-4-5-17(11)6-9(18)16-10-7(13)2-1-3-8(10)14/h1-5H,6H2,(H,16,18). The van der Waals surface area contributed by atoms with Crippen LogP contribution in [0.4, 0.5) is 14.5 Å². The quantitative estimate of drug-likeness (QED) is 0.932. The van der Waals surface area contributed by atoms with Crippen molar-refractivity contribution >= 4 is 23.2 Å². The maximum Gasteiger partial charge on any atom is 0.244 e. The molecule has 0 unspecified atom stereocenters. The van der Waals surface area contributed by atoms with Crippen LogP contribution in [0.1, 0.15) is 0 Å². The maximum atomic E-state index is 13.3. The highest BCUT2D eigenvalue weighted by Gasteiger charge is 2.12. The van der Waals surface area contributed by atoms with Crippen LogP contribution < -0.4 is 5.32 Å². The molecule has 1 aromatic carbocycles. The molecule has 1 N–H and O–H groups in total. The summed E-state index contributed by atoms with van der Waals surface area (Å²) in [4.78, 5) is 15.3. The van der Waals surface area contributed by atoms with Gasteiger partial charge in [-0.2, -0.15) is 0 Å². The molecule has 0 aliphatic rings. The summed E-state index contributed by atoms with van der Waals surface area (Å²) in [5.74, 6) is -2.26. The summed E-state index contributed by atoms with van der Waals surface area (Å²) in [5.41, 5.74) is -0.473. The first-order valence-electron chi connectivity index (χ1n) is 4.98. The van der Waals surface area contributed by atoms with E-state index >= 15 is 0 Å². The van der Waals surface area contributed by atoms with Crippen molar-refractivity contribution in [1.29, 1.82) is 0 Å². The lowest BCUT2D eigenvalue weighted by Crippen LogP contribution is -2.19. The molecule has 7 heteroatoms. The Balaban J connectivity index is 2.10. The number of halogens is 3. The van der Waals surface area contributed by atoms with Crippen LogP contribution >= 0.6 is 11.6 Å². The van der Waals surface area contributed by atoms with Gasteiger partial charge in [0.05, 0.1) is 0 Å². The molecule has 0 saturated carbocycles. The first-order valence-corrected chi connectivity index (χ1v) is 5.36. The lowest BCUT2D eigenvalue weighted by Gasteiger charge is -2.08. The molecule has 4 nitrogen and oxygen atoms in total. The smallest absolute Gasteiger partial charge is 0.244 e. The SMILES string of the molecule is O=C(Cn1ccnc1Cl)Nc1c(F)cccc1F. The van der Waals surface area contributed by atoms with Gasteiger partial charge >= 0.3 is 0 Å². The van der Waals surface area contributed by atoms with E-state index in [1.54, 1.807) is 0 Å². The zero-order valence-corrected chi connectivity index (χ0v) is 9.79. The topological polar surface area (TPSA) is 46.9 Å². The van der Waals surface area contributed by atoms with Gasteiger partial charge in [0, 0.05) is 12.4 Å². The molecule has 94 valence electrons. The average molecular weight is 272 g/mol. The molecule has 0 radical (unpaired) electrons. The van der Waals surface area contributed by atoms with Crippen LogP contribution in [0.25, 0.3) is 0 Å². The predicted octanol–water partition coefficient (Wildman–Crippen LogP) is 2.45. The summed E-state index contributed by atoms with van der Waals surface area (Å²) in [7, 11) is 0. The minimum Gasteiger partial charge on any atom is -0.320 e. The zero-order chi connectivity index (χ0) is 13.1. The van der Waals surface area contributed by atoms with Crippen LogP contribution in [0, 0.1) is 11.6 Å². The van der Waals surface area contributed by atoms with Gasteiger partial charge in [-0.25, -0.2) is 13.8 Å². The summed E-state index contributed by atoms with van der Waals surface area (Å²) < 4.78 is 27.9. The van der Waals surface area contributed by atoms with Crippen LogP contribution in [-0.2, 0) is 11.3 Å². The van der Waals surface area contributed by atoms with Gasteiger partial charge in [-0.3, -0.25) is 4.79 Å². The van der Waals surface area contributed by atoms with Crippen LogP contribution in [-0.4, -0.2) is 15.5 Å². The molecular weight excluding hydrogens is 264 g/mol. The van der Waals surface area contributed by atoms with Gasteiger partial charge < -0.3 is 9.88 Å². The fourth-order valence-corrected chi connectivity index (χ4v) is 1.55. The summed E-state index contributed by atoms with van der Waals surface area (Å²) in [6, 6.07) is 3.33. The highest BCUT2D eigenvalue weighted by Crippen LogP contribution is 2.18. The molecule has 2 aromatic rings. The number of imidazole rings is 1. The number of para-hydroxylation sites is 1. The zero-order valence-electron chi connectivity index (χ0n) is 9.03. The van der Waals surface area contributed by atoms with Crippen molar-refractivity contribution in [1.82, 2.24) is 9.55 Å². The van der Waals surface area contributed by atoms with E-state index in [4.69, 9.17) is 11.6 Å². The maximum absolute atomic E-state index is 13.3. The second kappa shape index (κ2) is 5.14. The molecule has 0 atom stereocenters. The van der Waals surface area contributed by atoms with Gasteiger partial charge in [-0.1, -0.05) is 6.07 Å². The van der Waals surface area contributed by atoms with Gasteiger partial charge in [0.1, 0.15) is 23.9 Å². The molecule has 0 fully saturated rings. The Morgan fingerprint density at radius 3 is 2.61 bits per heavy atom. The number of hydrogen-bond acceptors (Lipinski definition) is 2. The highest BCUT2D eigenvalue weighted by molar-refractivity contribution is 6.28. The summed E-state index contributed by atoms with van der Waals surface area (Å²) in [6.07, 6.45) is 2.90. The van der Waals surface area contributed by atoms with Crippen LogP contribution in [0.3, 0.4) is 0 Å². The number of carbonyl (C=O) groups is 1. The first kappa shape index (κ1) is 12.5. The van der Waals surface area contributed by atoms with Crippen LogP contribution in [0.2, 0.25) is 5.28 Å². The number of rotatable bonds is 3. The number of hydrogen-bond donors (Lipinski definition) is 1. The van der Waals surface area contributed by atoms with Crippen molar-refractivity contribution in [2.24, 2.45) is 0 Å². The lowest BCUT2D eigenvalue weighted by atomic mass is 10.3. The normalized spacial score (nSPS) is 10.4. The molecular formula is C11H8ClF2N3O. The largest absolute Gasteiger partial charge is 0.320 e. The van der Waals surface area contributed by atoms with Crippen LogP contribution in [0.15, 0.2) is 30.6 Å². The Kier molecular flexibility index (Phi) is 3.57. The molecule has 0 aliphatic heterocycles. The summed E-state index contributed by atoms with van der Waals surface area (Å²) in [5, 5.41) is 2.27. The minimum atomic E-state index is -0.833. The summed E-state index contributed by atoms with van der Waals surface area (Å²) in [6.45, 7) is -0.174.